The third kappa shape index (κ3) is 2.06. The van der Waals surface area contributed by atoms with E-state index in [9.17, 15) is 4.79 Å². The van der Waals surface area contributed by atoms with Crippen LogP contribution in [0.3, 0.4) is 0 Å². The number of aromatic nitrogens is 4. The highest BCUT2D eigenvalue weighted by Crippen LogP contribution is 2.18. The molecule has 0 spiro atoms. The second kappa shape index (κ2) is 4.69. The van der Waals surface area contributed by atoms with Crippen molar-refractivity contribution in [3.8, 4) is 0 Å². The molecule has 0 fully saturated rings. The number of hydrogen-bond donors (Lipinski definition) is 0. The molecule has 2 aromatic heterocycles. The average molecular weight is 283 g/mol. The lowest BCUT2D eigenvalue weighted by atomic mass is 10.1. The fourth-order valence-corrected chi connectivity index (χ4v) is 2.62. The van der Waals surface area contributed by atoms with Crippen LogP contribution in [-0.4, -0.2) is 37.5 Å². The molecular weight excluding hydrogens is 270 g/mol. The van der Waals surface area contributed by atoms with E-state index in [2.05, 4.69) is 15.5 Å². The van der Waals surface area contributed by atoms with Crippen molar-refractivity contribution in [1.29, 1.82) is 0 Å². The number of amides is 1. The van der Waals surface area contributed by atoms with Crippen LogP contribution in [0.25, 0.3) is 11.0 Å². The Hall–Kier alpha value is -2.70. The summed E-state index contributed by atoms with van der Waals surface area (Å²) in [6, 6.07) is 7.61. The van der Waals surface area contributed by atoms with Crippen LogP contribution in [0.2, 0.25) is 0 Å². The van der Waals surface area contributed by atoms with Gasteiger partial charge in [0.15, 0.2) is 0 Å². The maximum absolute atomic E-state index is 12.4. The van der Waals surface area contributed by atoms with Gasteiger partial charge in [0.2, 0.25) is 5.91 Å². The zero-order valence-corrected chi connectivity index (χ0v) is 11.3. The molecule has 3 heterocycles. The van der Waals surface area contributed by atoms with E-state index in [4.69, 9.17) is 4.52 Å². The Bertz CT molecular complexity index is 806. The van der Waals surface area contributed by atoms with Crippen molar-refractivity contribution < 1.29 is 9.32 Å². The largest absolute Gasteiger partial charge is 0.364 e. The van der Waals surface area contributed by atoms with Crippen molar-refractivity contribution >= 4 is 16.9 Å². The van der Waals surface area contributed by atoms with Crippen molar-refractivity contribution in [2.75, 3.05) is 6.54 Å². The number of benzene rings is 1. The standard InChI is InChI=1S/C14H13N5O2/c20-14(18-6-5-11-10(7-18)9-21-16-11)8-19-13-4-2-1-3-12(13)15-17-19/h1-4,9H,5-8H2. The van der Waals surface area contributed by atoms with E-state index in [1.165, 1.54) is 0 Å². The van der Waals surface area contributed by atoms with E-state index >= 15 is 0 Å². The van der Waals surface area contributed by atoms with E-state index in [1.54, 1.807) is 15.8 Å². The molecule has 7 nitrogen and oxygen atoms in total. The van der Waals surface area contributed by atoms with Crippen LogP contribution < -0.4 is 0 Å². The van der Waals surface area contributed by atoms with Crippen LogP contribution in [0, 0.1) is 0 Å². The Morgan fingerprint density at radius 2 is 2.24 bits per heavy atom. The number of carbonyl (C=O) groups excluding carboxylic acids is 1. The first-order valence-electron chi connectivity index (χ1n) is 6.79. The molecule has 0 saturated carbocycles. The van der Waals surface area contributed by atoms with Crippen LogP contribution in [0.5, 0.6) is 0 Å². The van der Waals surface area contributed by atoms with Crippen molar-refractivity contribution in [3.05, 3.63) is 41.8 Å². The first-order valence-corrected chi connectivity index (χ1v) is 6.79. The van der Waals surface area contributed by atoms with E-state index in [0.717, 1.165) is 28.7 Å². The van der Waals surface area contributed by atoms with Gasteiger partial charge in [0.25, 0.3) is 0 Å². The second-order valence-corrected chi connectivity index (χ2v) is 5.09. The summed E-state index contributed by atoms with van der Waals surface area (Å²) in [7, 11) is 0. The van der Waals surface area contributed by atoms with E-state index in [-0.39, 0.29) is 12.5 Å². The zero-order chi connectivity index (χ0) is 14.2. The van der Waals surface area contributed by atoms with E-state index in [1.807, 2.05) is 24.3 Å². The number of rotatable bonds is 2. The Balaban J connectivity index is 1.54. The van der Waals surface area contributed by atoms with Gasteiger partial charge in [-0.15, -0.1) is 5.10 Å². The van der Waals surface area contributed by atoms with Gasteiger partial charge in [-0.1, -0.05) is 22.5 Å². The summed E-state index contributed by atoms with van der Waals surface area (Å²) >= 11 is 0. The van der Waals surface area contributed by atoms with Gasteiger partial charge in [0.1, 0.15) is 18.3 Å². The van der Waals surface area contributed by atoms with Gasteiger partial charge < -0.3 is 9.42 Å². The average Bonchev–Trinajstić information content (AvgIpc) is 3.13. The zero-order valence-electron chi connectivity index (χ0n) is 11.3. The number of fused-ring (bicyclic) bond motifs is 2. The highest BCUT2D eigenvalue weighted by Gasteiger charge is 2.23. The molecule has 0 N–H and O–H groups in total. The molecular formula is C14H13N5O2. The Kier molecular flexibility index (Phi) is 2.70. The van der Waals surface area contributed by atoms with Gasteiger partial charge in [-0.05, 0) is 12.1 Å². The molecule has 7 heteroatoms. The Morgan fingerprint density at radius 1 is 1.33 bits per heavy atom. The molecule has 0 radical (unpaired) electrons. The topological polar surface area (TPSA) is 77.1 Å². The third-order valence-electron chi connectivity index (χ3n) is 3.77. The monoisotopic (exact) mass is 283 g/mol. The van der Waals surface area contributed by atoms with Crippen molar-refractivity contribution in [2.45, 2.75) is 19.5 Å². The quantitative estimate of drug-likeness (QED) is 0.701. The van der Waals surface area contributed by atoms with Gasteiger partial charge in [-0.25, -0.2) is 4.68 Å². The Morgan fingerprint density at radius 3 is 3.19 bits per heavy atom. The molecule has 0 bridgehead atoms. The fourth-order valence-electron chi connectivity index (χ4n) is 2.62. The second-order valence-electron chi connectivity index (χ2n) is 5.09. The summed E-state index contributed by atoms with van der Waals surface area (Å²) in [6.07, 6.45) is 2.34. The molecule has 1 aromatic carbocycles. The summed E-state index contributed by atoms with van der Waals surface area (Å²) < 4.78 is 6.58. The first kappa shape index (κ1) is 12.1. The molecule has 0 saturated heterocycles. The molecule has 1 amide bonds. The normalized spacial score (nSPS) is 14.4. The molecule has 0 unspecified atom stereocenters. The Labute approximate surface area is 120 Å². The highest BCUT2D eigenvalue weighted by molar-refractivity contribution is 5.80. The molecule has 1 aliphatic rings. The predicted molar refractivity (Wildman–Crippen MR) is 73.2 cm³/mol. The molecule has 21 heavy (non-hydrogen) atoms. The van der Waals surface area contributed by atoms with Crippen LogP contribution >= 0.6 is 0 Å². The van der Waals surface area contributed by atoms with Gasteiger partial charge >= 0.3 is 0 Å². The maximum atomic E-state index is 12.4. The minimum Gasteiger partial charge on any atom is -0.364 e. The van der Waals surface area contributed by atoms with Crippen molar-refractivity contribution in [3.63, 3.8) is 0 Å². The number of nitrogens with zero attached hydrogens (tertiary/aromatic N) is 5. The van der Waals surface area contributed by atoms with Gasteiger partial charge in [-0.2, -0.15) is 0 Å². The van der Waals surface area contributed by atoms with Crippen LogP contribution in [0.4, 0.5) is 0 Å². The van der Waals surface area contributed by atoms with Crippen LogP contribution in [-0.2, 0) is 24.3 Å². The van der Waals surface area contributed by atoms with E-state index in [0.29, 0.717) is 13.1 Å². The van der Waals surface area contributed by atoms with Crippen LogP contribution in [0.1, 0.15) is 11.3 Å². The van der Waals surface area contributed by atoms with Crippen molar-refractivity contribution in [1.82, 2.24) is 25.1 Å². The molecule has 106 valence electrons. The molecule has 0 aliphatic carbocycles. The lowest BCUT2D eigenvalue weighted by Crippen LogP contribution is -2.38. The fraction of sp³-hybridized carbons (Fsp3) is 0.286. The molecule has 1 aliphatic heterocycles. The number of para-hydroxylation sites is 1. The van der Waals surface area contributed by atoms with Gasteiger partial charge in [0.05, 0.1) is 17.8 Å². The van der Waals surface area contributed by atoms with Gasteiger partial charge in [0, 0.05) is 18.5 Å². The minimum atomic E-state index is 0.0255. The minimum absolute atomic E-state index is 0.0255. The summed E-state index contributed by atoms with van der Waals surface area (Å²) in [5, 5.41) is 12.0. The smallest absolute Gasteiger partial charge is 0.244 e. The summed E-state index contributed by atoms with van der Waals surface area (Å²) in [5.74, 6) is 0.0255. The highest BCUT2D eigenvalue weighted by atomic mass is 16.5. The molecule has 4 rings (SSSR count). The lowest BCUT2D eigenvalue weighted by molar-refractivity contribution is -0.132. The summed E-state index contributed by atoms with van der Waals surface area (Å²) in [5.41, 5.74) is 3.60. The third-order valence-corrected chi connectivity index (χ3v) is 3.77. The van der Waals surface area contributed by atoms with Gasteiger partial charge in [-0.3, -0.25) is 4.79 Å². The first-order chi connectivity index (χ1) is 10.3. The summed E-state index contributed by atoms with van der Waals surface area (Å²) in [4.78, 5) is 14.2. The number of hydrogen-bond acceptors (Lipinski definition) is 5. The maximum Gasteiger partial charge on any atom is 0.244 e. The molecule has 0 atom stereocenters. The number of carbonyl (C=O) groups is 1. The lowest BCUT2D eigenvalue weighted by Gasteiger charge is -2.25. The summed E-state index contributed by atoms with van der Waals surface area (Å²) in [6.45, 7) is 1.40. The SMILES string of the molecule is O=C(Cn1nnc2ccccc21)N1CCc2nocc2C1. The predicted octanol–water partition coefficient (Wildman–Crippen LogP) is 1.00. The van der Waals surface area contributed by atoms with E-state index < -0.39 is 0 Å². The molecule has 3 aromatic rings. The van der Waals surface area contributed by atoms with Crippen molar-refractivity contribution in [2.24, 2.45) is 0 Å². The van der Waals surface area contributed by atoms with Crippen LogP contribution in [0.15, 0.2) is 35.1 Å².